The van der Waals surface area contributed by atoms with Crippen molar-refractivity contribution in [3.63, 3.8) is 0 Å². The van der Waals surface area contributed by atoms with Gasteiger partial charge in [0.2, 0.25) is 21.8 Å². The molecule has 8 heteroatoms. The monoisotopic (exact) mass is 421 g/mol. The zero-order valence-electron chi connectivity index (χ0n) is 17.6. The number of nitrogens with zero attached hydrogens (tertiary/aromatic N) is 2. The molecule has 3 rings (SSSR count). The normalized spacial score (nSPS) is 21.7. The summed E-state index contributed by atoms with van der Waals surface area (Å²) in [5.74, 6) is -0.155. The number of rotatable bonds is 5. The molecule has 1 aromatic rings. The number of fused-ring (bicyclic) bond motifs is 1. The van der Waals surface area contributed by atoms with Gasteiger partial charge in [-0.05, 0) is 63.3 Å². The van der Waals surface area contributed by atoms with E-state index < -0.39 is 10.0 Å². The Labute approximate surface area is 173 Å². The van der Waals surface area contributed by atoms with Crippen molar-refractivity contribution in [2.75, 3.05) is 18.0 Å². The predicted molar refractivity (Wildman–Crippen MR) is 112 cm³/mol. The molecule has 0 aromatic heterocycles. The van der Waals surface area contributed by atoms with Crippen molar-refractivity contribution in [2.45, 2.75) is 70.4 Å². The Morgan fingerprint density at radius 3 is 2.48 bits per heavy atom. The molecule has 1 fully saturated rings. The summed E-state index contributed by atoms with van der Waals surface area (Å²) >= 11 is 0. The Morgan fingerprint density at radius 2 is 1.90 bits per heavy atom. The number of sulfonamides is 1. The summed E-state index contributed by atoms with van der Waals surface area (Å²) in [6, 6.07) is 5.18. The van der Waals surface area contributed by atoms with Gasteiger partial charge in [-0.25, -0.2) is 8.42 Å². The van der Waals surface area contributed by atoms with Crippen LogP contribution in [0.1, 0.15) is 52.5 Å². The summed E-state index contributed by atoms with van der Waals surface area (Å²) in [6.07, 6.45) is 2.58. The van der Waals surface area contributed by atoms with Crippen LogP contribution in [0.3, 0.4) is 0 Å². The van der Waals surface area contributed by atoms with Crippen molar-refractivity contribution in [3.05, 3.63) is 23.8 Å². The van der Waals surface area contributed by atoms with Gasteiger partial charge < -0.3 is 10.2 Å². The fourth-order valence-electron chi connectivity index (χ4n) is 4.22. The molecule has 1 aromatic carbocycles. The van der Waals surface area contributed by atoms with Gasteiger partial charge in [0, 0.05) is 43.7 Å². The first-order chi connectivity index (χ1) is 13.6. The minimum Gasteiger partial charge on any atom is -0.353 e. The number of benzene rings is 1. The fraction of sp³-hybridized carbons (Fsp3) is 0.619. The average molecular weight is 422 g/mol. The highest BCUT2D eigenvalue weighted by Gasteiger charge is 2.34. The van der Waals surface area contributed by atoms with E-state index in [0.29, 0.717) is 32.4 Å². The van der Waals surface area contributed by atoms with Gasteiger partial charge in [-0.2, -0.15) is 4.31 Å². The summed E-state index contributed by atoms with van der Waals surface area (Å²) in [5.41, 5.74) is 1.68. The molecule has 29 heavy (non-hydrogen) atoms. The molecule has 7 nitrogen and oxygen atoms in total. The quantitative estimate of drug-likeness (QED) is 0.790. The highest BCUT2D eigenvalue weighted by molar-refractivity contribution is 7.89. The molecule has 0 saturated carbocycles. The molecule has 2 atom stereocenters. The number of hydrogen-bond donors (Lipinski definition) is 1. The second-order valence-corrected chi connectivity index (χ2v) is 10.2. The maximum absolute atomic E-state index is 13.1. The summed E-state index contributed by atoms with van der Waals surface area (Å²) in [4.78, 5) is 26.2. The number of amides is 2. The van der Waals surface area contributed by atoms with E-state index in [0.717, 1.165) is 17.7 Å². The standard InChI is InChI=1S/C21H31N3O4S/c1-5-14(2)22-21(26)17-8-10-23(11-9-17)29(27,28)19-6-7-20-18(13-19)12-15(3)24(20)16(4)25/h6-7,13-15,17H,5,8-12H2,1-4H3,(H,22,26)/t14-,15-/m0/s1. The van der Waals surface area contributed by atoms with E-state index in [1.54, 1.807) is 23.1 Å². The molecule has 2 heterocycles. The first kappa shape index (κ1) is 21.8. The van der Waals surface area contributed by atoms with Crippen molar-refractivity contribution in [3.8, 4) is 0 Å². The molecule has 1 saturated heterocycles. The van der Waals surface area contributed by atoms with Crippen molar-refractivity contribution in [1.82, 2.24) is 9.62 Å². The van der Waals surface area contributed by atoms with Crippen molar-refractivity contribution in [2.24, 2.45) is 5.92 Å². The lowest BCUT2D eigenvalue weighted by Crippen LogP contribution is -2.44. The maximum Gasteiger partial charge on any atom is 0.243 e. The third-order valence-electron chi connectivity index (χ3n) is 6.07. The Kier molecular flexibility index (Phi) is 6.33. The number of anilines is 1. The molecule has 0 bridgehead atoms. The molecule has 2 aliphatic rings. The van der Waals surface area contributed by atoms with Gasteiger partial charge in [0.25, 0.3) is 0 Å². The lowest BCUT2D eigenvalue weighted by atomic mass is 9.97. The van der Waals surface area contributed by atoms with Gasteiger partial charge in [0.1, 0.15) is 0 Å². The topological polar surface area (TPSA) is 86.8 Å². The highest BCUT2D eigenvalue weighted by Crippen LogP contribution is 2.35. The van der Waals surface area contributed by atoms with Crippen LogP contribution in [-0.4, -0.2) is 49.7 Å². The SMILES string of the molecule is CC[C@H](C)NC(=O)C1CCN(S(=O)(=O)c2ccc3c(c2)C[C@H](C)N3C(C)=O)CC1. The minimum atomic E-state index is -3.62. The van der Waals surface area contributed by atoms with Crippen molar-refractivity contribution in [1.29, 1.82) is 0 Å². The van der Waals surface area contributed by atoms with E-state index in [4.69, 9.17) is 0 Å². The molecule has 0 aliphatic carbocycles. The van der Waals surface area contributed by atoms with Gasteiger partial charge in [-0.1, -0.05) is 6.92 Å². The van der Waals surface area contributed by atoms with Crippen LogP contribution in [-0.2, 0) is 26.0 Å². The van der Waals surface area contributed by atoms with Crippen LogP contribution in [0.5, 0.6) is 0 Å². The van der Waals surface area contributed by atoms with E-state index >= 15 is 0 Å². The molecule has 2 aliphatic heterocycles. The van der Waals surface area contributed by atoms with Gasteiger partial charge in [-0.3, -0.25) is 9.59 Å². The van der Waals surface area contributed by atoms with Gasteiger partial charge in [0.05, 0.1) is 4.90 Å². The lowest BCUT2D eigenvalue weighted by molar-refractivity contribution is -0.126. The molecule has 2 amide bonds. The highest BCUT2D eigenvalue weighted by atomic mass is 32.2. The Balaban J connectivity index is 1.71. The first-order valence-corrected chi connectivity index (χ1v) is 11.8. The van der Waals surface area contributed by atoms with Gasteiger partial charge in [0.15, 0.2) is 0 Å². The predicted octanol–water partition coefficient (Wildman–Crippen LogP) is 2.30. The van der Waals surface area contributed by atoms with Crippen molar-refractivity contribution >= 4 is 27.5 Å². The third-order valence-corrected chi connectivity index (χ3v) is 7.96. The second-order valence-electron chi connectivity index (χ2n) is 8.23. The maximum atomic E-state index is 13.1. The van der Waals surface area contributed by atoms with E-state index in [9.17, 15) is 18.0 Å². The Bertz CT molecular complexity index is 891. The molecule has 160 valence electrons. The van der Waals surface area contributed by atoms with E-state index in [1.165, 1.54) is 11.2 Å². The number of piperidine rings is 1. The summed E-state index contributed by atoms with van der Waals surface area (Å²) in [7, 11) is -3.62. The van der Waals surface area contributed by atoms with Crippen LogP contribution in [0.15, 0.2) is 23.1 Å². The molecule has 0 radical (unpaired) electrons. The third kappa shape index (κ3) is 4.33. The zero-order chi connectivity index (χ0) is 21.3. The van der Waals surface area contributed by atoms with Gasteiger partial charge in [-0.15, -0.1) is 0 Å². The van der Waals surface area contributed by atoms with E-state index in [1.807, 2.05) is 20.8 Å². The van der Waals surface area contributed by atoms with E-state index in [2.05, 4.69) is 5.32 Å². The van der Waals surface area contributed by atoms with Crippen LogP contribution in [0.25, 0.3) is 0 Å². The first-order valence-electron chi connectivity index (χ1n) is 10.4. The van der Waals surface area contributed by atoms with Crippen LogP contribution in [0, 0.1) is 5.92 Å². The summed E-state index contributed by atoms with van der Waals surface area (Å²) in [6.45, 7) is 8.16. The fourth-order valence-corrected chi connectivity index (χ4v) is 5.74. The number of carbonyl (C=O) groups is 2. The molecular formula is C21H31N3O4S. The van der Waals surface area contributed by atoms with E-state index in [-0.39, 0.29) is 34.7 Å². The summed E-state index contributed by atoms with van der Waals surface area (Å²) < 4.78 is 27.7. The Morgan fingerprint density at radius 1 is 1.24 bits per heavy atom. The number of carbonyl (C=O) groups excluding carboxylic acids is 2. The van der Waals surface area contributed by atoms with Crippen LogP contribution < -0.4 is 10.2 Å². The largest absolute Gasteiger partial charge is 0.353 e. The number of nitrogens with one attached hydrogen (secondary N) is 1. The molecule has 0 spiro atoms. The second kappa shape index (κ2) is 8.44. The zero-order valence-corrected chi connectivity index (χ0v) is 18.5. The van der Waals surface area contributed by atoms with Crippen molar-refractivity contribution < 1.29 is 18.0 Å². The minimum absolute atomic E-state index is 0.0206. The number of hydrogen-bond acceptors (Lipinski definition) is 4. The summed E-state index contributed by atoms with van der Waals surface area (Å²) in [5, 5.41) is 2.99. The molecule has 1 N–H and O–H groups in total. The van der Waals surface area contributed by atoms with Crippen LogP contribution in [0.4, 0.5) is 5.69 Å². The van der Waals surface area contributed by atoms with Gasteiger partial charge >= 0.3 is 0 Å². The molecule has 0 unspecified atom stereocenters. The lowest BCUT2D eigenvalue weighted by Gasteiger charge is -2.31. The van der Waals surface area contributed by atoms with Crippen LogP contribution >= 0.6 is 0 Å². The van der Waals surface area contributed by atoms with Crippen LogP contribution in [0.2, 0.25) is 0 Å². The Hall–Kier alpha value is -1.93. The average Bonchev–Trinajstić information content (AvgIpc) is 3.02. The smallest absolute Gasteiger partial charge is 0.243 e. The molecular weight excluding hydrogens is 390 g/mol.